The molecule has 0 bridgehead atoms. The van der Waals surface area contributed by atoms with E-state index in [-0.39, 0.29) is 0 Å². The summed E-state index contributed by atoms with van der Waals surface area (Å²) in [5.41, 5.74) is 3.64. The molecular weight excluding hydrogens is 400 g/mol. The Kier molecular flexibility index (Phi) is 8.48. The SMILES string of the molecule is CCCCCCC1CCC(c2ccc(C#Cc3ccc4cc(OCC)ccc4c3)cc2)CC1. The molecule has 3 aromatic rings. The summed E-state index contributed by atoms with van der Waals surface area (Å²) in [7, 11) is 0. The predicted octanol–water partition coefficient (Wildman–Crippen LogP) is 8.88. The van der Waals surface area contributed by atoms with E-state index in [2.05, 4.69) is 73.4 Å². The van der Waals surface area contributed by atoms with Crippen LogP contribution < -0.4 is 4.74 Å². The zero-order valence-corrected chi connectivity index (χ0v) is 20.4. The third kappa shape index (κ3) is 6.64. The Hall–Kier alpha value is -2.72. The first-order valence-corrected chi connectivity index (χ1v) is 13.0. The first-order valence-electron chi connectivity index (χ1n) is 13.0. The molecule has 0 spiro atoms. The van der Waals surface area contributed by atoms with Crippen molar-refractivity contribution in [2.24, 2.45) is 5.92 Å². The summed E-state index contributed by atoms with van der Waals surface area (Å²) in [6.45, 7) is 4.99. The van der Waals surface area contributed by atoms with Crippen LogP contribution >= 0.6 is 0 Å². The highest BCUT2D eigenvalue weighted by Gasteiger charge is 2.21. The van der Waals surface area contributed by atoms with Gasteiger partial charge in [-0.05, 0) is 97.2 Å². The largest absolute Gasteiger partial charge is 0.494 e. The number of unbranched alkanes of at least 4 members (excludes halogenated alkanes) is 3. The van der Waals surface area contributed by atoms with E-state index < -0.39 is 0 Å². The number of benzene rings is 3. The Morgan fingerprint density at radius 1 is 0.727 bits per heavy atom. The van der Waals surface area contributed by atoms with E-state index in [0.29, 0.717) is 6.61 Å². The smallest absolute Gasteiger partial charge is 0.119 e. The summed E-state index contributed by atoms with van der Waals surface area (Å²) in [6, 6.07) is 21.6. The van der Waals surface area contributed by atoms with Crippen molar-refractivity contribution < 1.29 is 4.74 Å². The molecule has 1 fully saturated rings. The normalized spacial score (nSPS) is 18.0. The minimum atomic E-state index is 0.689. The molecule has 0 aromatic heterocycles. The van der Waals surface area contributed by atoms with Crippen molar-refractivity contribution in [3.63, 3.8) is 0 Å². The van der Waals surface area contributed by atoms with Crippen molar-refractivity contribution in [2.75, 3.05) is 6.61 Å². The molecule has 33 heavy (non-hydrogen) atoms. The quantitative estimate of drug-likeness (QED) is 0.252. The maximum Gasteiger partial charge on any atom is 0.119 e. The summed E-state index contributed by atoms with van der Waals surface area (Å²) in [4.78, 5) is 0. The molecule has 0 heterocycles. The predicted molar refractivity (Wildman–Crippen MR) is 141 cm³/mol. The second kappa shape index (κ2) is 11.9. The van der Waals surface area contributed by atoms with Crippen LogP contribution in [-0.2, 0) is 0 Å². The number of rotatable bonds is 8. The molecule has 1 aliphatic rings. The molecule has 1 heteroatoms. The van der Waals surface area contributed by atoms with Crippen LogP contribution in [-0.4, -0.2) is 6.61 Å². The molecular formula is C32H38O. The molecule has 0 atom stereocenters. The van der Waals surface area contributed by atoms with Crippen molar-refractivity contribution in [1.82, 2.24) is 0 Å². The van der Waals surface area contributed by atoms with E-state index in [4.69, 9.17) is 4.74 Å². The standard InChI is InChI=1S/C32H38O/c1-3-5-6-7-8-25-11-16-28(17-12-25)29-18-13-26(14-19-29)9-10-27-15-20-31-24-32(33-4-2)22-21-30(31)23-27/h13-15,18-25,28H,3-8,11-12,16-17H2,1-2H3. The Bertz CT molecular complexity index is 1070. The minimum Gasteiger partial charge on any atom is -0.494 e. The van der Waals surface area contributed by atoms with Crippen molar-refractivity contribution >= 4 is 10.8 Å². The lowest BCUT2D eigenvalue weighted by atomic mass is 9.77. The first-order chi connectivity index (χ1) is 16.2. The Labute approximate surface area is 200 Å². The molecule has 1 aliphatic carbocycles. The van der Waals surface area contributed by atoms with Crippen LogP contribution in [0.4, 0.5) is 0 Å². The first kappa shape index (κ1) is 23.4. The monoisotopic (exact) mass is 438 g/mol. The summed E-state index contributed by atoms with van der Waals surface area (Å²) >= 11 is 0. The van der Waals surface area contributed by atoms with Gasteiger partial charge in [-0.2, -0.15) is 0 Å². The van der Waals surface area contributed by atoms with Gasteiger partial charge in [-0.3, -0.25) is 0 Å². The lowest BCUT2D eigenvalue weighted by molar-refractivity contribution is 0.302. The summed E-state index contributed by atoms with van der Waals surface area (Å²) in [5.74, 6) is 9.32. The number of fused-ring (bicyclic) bond motifs is 1. The van der Waals surface area contributed by atoms with Gasteiger partial charge in [-0.25, -0.2) is 0 Å². The Morgan fingerprint density at radius 3 is 2.18 bits per heavy atom. The average molecular weight is 439 g/mol. The van der Waals surface area contributed by atoms with Gasteiger partial charge in [0.2, 0.25) is 0 Å². The number of hydrogen-bond acceptors (Lipinski definition) is 1. The van der Waals surface area contributed by atoms with Gasteiger partial charge in [0.1, 0.15) is 5.75 Å². The van der Waals surface area contributed by atoms with Crippen molar-refractivity contribution in [3.05, 3.63) is 77.4 Å². The second-order valence-electron chi connectivity index (χ2n) is 9.60. The molecule has 1 saturated carbocycles. The van der Waals surface area contributed by atoms with Crippen LogP contribution in [0.2, 0.25) is 0 Å². The van der Waals surface area contributed by atoms with Gasteiger partial charge >= 0.3 is 0 Å². The molecule has 0 amide bonds. The van der Waals surface area contributed by atoms with Crippen molar-refractivity contribution in [2.45, 2.75) is 77.6 Å². The zero-order chi connectivity index (χ0) is 22.9. The summed E-state index contributed by atoms with van der Waals surface area (Å²) in [6.07, 6.45) is 12.6. The highest BCUT2D eigenvalue weighted by atomic mass is 16.5. The molecule has 3 aromatic carbocycles. The highest BCUT2D eigenvalue weighted by molar-refractivity contribution is 5.85. The van der Waals surface area contributed by atoms with E-state index in [1.54, 1.807) is 0 Å². The highest BCUT2D eigenvalue weighted by Crippen LogP contribution is 2.37. The maximum atomic E-state index is 5.60. The van der Waals surface area contributed by atoms with E-state index in [9.17, 15) is 0 Å². The van der Waals surface area contributed by atoms with Crippen molar-refractivity contribution in [3.8, 4) is 17.6 Å². The topological polar surface area (TPSA) is 9.23 Å². The molecule has 0 saturated heterocycles. The summed E-state index contributed by atoms with van der Waals surface area (Å²) in [5, 5.41) is 2.38. The number of ether oxygens (including phenoxy) is 1. The van der Waals surface area contributed by atoms with Gasteiger partial charge < -0.3 is 4.74 Å². The third-order valence-electron chi connectivity index (χ3n) is 7.17. The molecule has 172 valence electrons. The van der Waals surface area contributed by atoms with E-state index >= 15 is 0 Å². The fourth-order valence-corrected chi connectivity index (χ4v) is 5.19. The third-order valence-corrected chi connectivity index (χ3v) is 7.17. The van der Waals surface area contributed by atoms with Gasteiger partial charge in [-0.1, -0.05) is 75.1 Å². The zero-order valence-electron chi connectivity index (χ0n) is 20.4. The van der Waals surface area contributed by atoms with Gasteiger partial charge in [0.25, 0.3) is 0 Å². The van der Waals surface area contributed by atoms with Crippen LogP contribution in [0.5, 0.6) is 5.75 Å². The van der Waals surface area contributed by atoms with E-state index in [1.165, 1.54) is 74.1 Å². The summed E-state index contributed by atoms with van der Waals surface area (Å²) < 4.78 is 5.60. The number of hydrogen-bond donors (Lipinski definition) is 0. The van der Waals surface area contributed by atoms with Crippen LogP contribution in [0.15, 0.2) is 60.7 Å². The van der Waals surface area contributed by atoms with Gasteiger partial charge in [-0.15, -0.1) is 0 Å². The van der Waals surface area contributed by atoms with E-state index in [1.807, 2.05) is 13.0 Å². The maximum absolute atomic E-state index is 5.60. The molecule has 4 rings (SSSR count). The molecule has 0 aliphatic heterocycles. The average Bonchev–Trinajstić information content (AvgIpc) is 2.86. The van der Waals surface area contributed by atoms with Gasteiger partial charge in [0.05, 0.1) is 6.61 Å². The molecule has 1 nitrogen and oxygen atoms in total. The minimum absolute atomic E-state index is 0.689. The van der Waals surface area contributed by atoms with Crippen LogP contribution in [0, 0.1) is 17.8 Å². The fourth-order valence-electron chi connectivity index (χ4n) is 5.19. The van der Waals surface area contributed by atoms with Crippen LogP contribution in [0.3, 0.4) is 0 Å². The lowest BCUT2D eigenvalue weighted by Crippen LogP contribution is -2.13. The van der Waals surface area contributed by atoms with E-state index in [0.717, 1.165) is 28.7 Å². The van der Waals surface area contributed by atoms with Gasteiger partial charge in [0.15, 0.2) is 0 Å². The lowest BCUT2D eigenvalue weighted by Gasteiger charge is -2.29. The van der Waals surface area contributed by atoms with Crippen LogP contribution in [0.1, 0.15) is 94.2 Å². The molecule has 0 unspecified atom stereocenters. The van der Waals surface area contributed by atoms with Crippen molar-refractivity contribution in [1.29, 1.82) is 0 Å². The van der Waals surface area contributed by atoms with Gasteiger partial charge in [0, 0.05) is 11.1 Å². The Balaban J connectivity index is 1.33. The molecule has 0 N–H and O–H groups in total. The second-order valence-corrected chi connectivity index (χ2v) is 9.60. The Morgan fingerprint density at radius 2 is 1.42 bits per heavy atom. The fraction of sp³-hybridized carbons (Fsp3) is 0.438. The van der Waals surface area contributed by atoms with Crippen LogP contribution in [0.25, 0.3) is 10.8 Å². The molecule has 0 radical (unpaired) electrons.